The molecule has 0 saturated heterocycles. The fourth-order valence-corrected chi connectivity index (χ4v) is 1.38. The number of aliphatic hydroxyl groups is 1. The monoisotopic (exact) mass is 374 g/mol. The highest BCUT2D eigenvalue weighted by Crippen LogP contribution is 1.99. The summed E-state index contributed by atoms with van der Waals surface area (Å²) in [7, 11) is 1.61. The molecule has 0 amide bonds. The lowest BCUT2D eigenvalue weighted by atomic mass is 10.7. The smallest absolute Gasteiger partial charge is 0.135 e. The summed E-state index contributed by atoms with van der Waals surface area (Å²) in [5.41, 5.74) is 0. The molecule has 0 rings (SSSR count). The third-order valence-corrected chi connectivity index (χ3v) is 2.87. The second kappa shape index (κ2) is 18.2. The van der Waals surface area contributed by atoms with E-state index in [1.54, 1.807) is 7.11 Å². The number of rotatable bonds is 17. The maximum absolute atomic E-state index is 8.48. The Balaban J connectivity index is 2.96. The van der Waals surface area contributed by atoms with Crippen molar-refractivity contribution < 1.29 is 33.5 Å². The number of alkyl halides is 1. The highest BCUT2D eigenvalue weighted by Gasteiger charge is 2.00. The van der Waals surface area contributed by atoms with Crippen LogP contribution in [-0.4, -0.2) is 89.9 Å². The Labute approximate surface area is 134 Å². The van der Waals surface area contributed by atoms with Gasteiger partial charge < -0.3 is 33.5 Å². The lowest BCUT2D eigenvalue weighted by molar-refractivity contribution is -0.0179. The van der Waals surface area contributed by atoms with Gasteiger partial charge in [-0.3, -0.25) is 0 Å². The van der Waals surface area contributed by atoms with Crippen LogP contribution in [-0.2, 0) is 28.4 Å². The van der Waals surface area contributed by atoms with E-state index in [9.17, 15) is 0 Å². The number of hydrogen-bond donors (Lipinski definition) is 1. The average Bonchev–Trinajstić information content (AvgIpc) is 2.50. The zero-order valence-electron chi connectivity index (χ0n) is 12.6. The Bertz CT molecular complexity index is 197. The molecule has 0 heterocycles. The highest BCUT2D eigenvalue weighted by molar-refractivity contribution is 9.09. The Kier molecular flexibility index (Phi) is 18.4. The molecule has 1 unspecified atom stereocenters. The molecule has 1 N–H and O–H groups in total. The molecule has 0 aliphatic heterocycles. The SMILES string of the molecule is COC(Br)COCCOCCOCCOCCOCCO. The second-order valence-electron chi connectivity index (χ2n) is 3.89. The minimum absolute atomic E-state index is 0.0389. The first kappa shape index (κ1) is 21.2. The van der Waals surface area contributed by atoms with Crippen LogP contribution in [0.5, 0.6) is 0 Å². The van der Waals surface area contributed by atoms with E-state index >= 15 is 0 Å². The van der Waals surface area contributed by atoms with Crippen LogP contribution >= 0.6 is 15.9 Å². The van der Waals surface area contributed by atoms with Crippen molar-refractivity contribution in [3.8, 4) is 0 Å². The topological polar surface area (TPSA) is 75.6 Å². The zero-order chi connectivity index (χ0) is 15.6. The van der Waals surface area contributed by atoms with Gasteiger partial charge in [0.2, 0.25) is 0 Å². The summed E-state index contributed by atoms with van der Waals surface area (Å²) in [6.45, 7) is 5.06. The van der Waals surface area contributed by atoms with Crippen LogP contribution in [0.1, 0.15) is 0 Å². The van der Waals surface area contributed by atoms with Gasteiger partial charge in [-0.15, -0.1) is 0 Å². The third kappa shape index (κ3) is 18.2. The van der Waals surface area contributed by atoms with Crippen molar-refractivity contribution in [2.24, 2.45) is 0 Å². The van der Waals surface area contributed by atoms with E-state index in [1.807, 2.05) is 0 Å². The molecule has 0 bridgehead atoms. The van der Waals surface area contributed by atoms with Crippen LogP contribution in [0, 0.1) is 0 Å². The molecule has 8 heteroatoms. The van der Waals surface area contributed by atoms with Gasteiger partial charge in [-0.25, -0.2) is 0 Å². The first-order valence-electron chi connectivity index (χ1n) is 6.97. The van der Waals surface area contributed by atoms with Gasteiger partial charge in [0.1, 0.15) is 5.01 Å². The van der Waals surface area contributed by atoms with Crippen molar-refractivity contribution in [1.29, 1.82) is 0 Å². The van der Waals surface area contributed by atoms with E-state index in [-0.39, 0.29) is 11.6 Å². The lowest BCUT2D eigenvalue weighted by Crippen LogP contribution is -2.15. The predicted octanol–water partition coefficient (Wildman–Crippen LogP) is 0.429. The van der Waals surface area contributed by atoms with E-state index in [0.29, 0.717) is 66.1 Å². The van der Waals surface area contributed by atoms with Crippen LogP contribution in [0.2, 0.25) is 0 Å². The van der Waals surface area contributed by atoms with Gasteiger partial charge in [-0.1, -0.05) is 15.9 Å². The molecule has 0 aliphatic rings. The van der Waals surface area contributed by atoms with E-state index in [1.165, 1.54) is 0 Å². The van der Waals surface area contributed by atoms with Crippen molar-refractivity contribution >= 4 is 15.9 Å². The molecule has 7 nitrogen and oxygen atoms in total. The van der Waals surface area contributed by atoms with Crippen molar-refractivity contribution in [1.82, 2.24) is 0 Å². The summed E-state index contributed by atoms with van der Waals surface area (Å²) in [5, 5.41) is 8.41. The minimum Gasteiger partial charge on any atom is -0.394 e. The molecule has 0 aromatic heterocycles. The number of hydrogen-bond acceptors (Lipinski definition) is 7. The molecule has 0 aromatic rings. The molecule has 0 spiro atoms. The summed E-state index contributed by atoms with van der Waals surface area (Å²) in [5.74, 6) is 0. The van der Waals surface area contributed by atoms with Gasteiger partial charge in [-0.05, 0) is 0 Å². The number of ether oxygens (including phenoxy) is 6. The van der Waals surface area contributed by atoms with Gasteiger partial charge in [0, 0.05) is 7.11 Å². The fraction of sp³-hybridized carbons (Fsp3) is 1.00. The first-order valence-corrected chi connectivity index (χ1v) is 7.89. The first-order chi connectivity index (χ1) is 10.3. The van der Waals surface area contributed by atoms with Crippen LogP contribution in [0.25, 0.3) is 0 Å². The summed E-state index contributed by atoms with van der Waals surface area (Å²) in [6.07, 6.45) is 0. The van der Waals surface area contributed by atoms with Crippen molar-refractivity contribution in [3.05, 3.63) is 0 Å². The van der Waals surface area contributed by atoms with Crippen molar-refractivity contribution in [2.45, 2.75) is 5.01 Å². The number of aliphatic hydroxyl groups excluding tert-OH is 1. The second-order valence-corrected chi connectivity index (χ2v) is 4.92. The Morgan fingerprint density at radius 2 is 1.10 bits per heavy atom. The zero-order valence-corrected chi connectivity index (χ0v) is 14.2. The molecule has 0 saturated carbocycles. The molecule has 128 valence electrons. The Morgan fingerprint density at radius 1 is 0.714 bits per heavy atom. The van der Waals surface area contributed by atoms with Crippen LogP contribution in [0.15, 0.2) is 0 Å². The fourth-order valence-electron chi connectivity index (χ4n) is 1.19. The number of halogens is 1. The summed E-state index contributed by atoms with van der Waals surface area (Å²) in [4.78, 5) is 0. The molecule has 0 fully saturated rings. The van der Waals surface area contributed by atoms with Gasteiger partial charge >= 0.3 is 0 Å². The summed E-state index contributed by atoms with van der Waals surface area (Å²) >= 11 is 3.28. The average molecular weight is 375 g/mol. The summed E-state index contributed by atoms with van der Waals surface area (Å²) < 4.78 is 31.2. The molecule has 0 aromatic carbocycles. The van der Waals surface area contributed by atoms with E-state index in [4.69, 9.17) is 33.5 Å². The normalized spacial score (nSPS) is 12.7. The highest BCUT2D eigenvalue weighted by atomic mass is 79.9. The molecule has 21 heavy (non-hydrogen) atoms. The maximum Gasteiger partial charge on any atom is 0.135 e. The van der Waals surface area contributed by atoms with Gasteiger partial charge in [0.05, 0.1) is 72.7 Å². The van der Waals surface area contributed by atoms with Crippen LogP contribution in [0.3, 0.4) is 0 Å². The van der Waals surface area contributed by atoms with Crippen molar-refractivity contribution in [3.63, 3.8) is 0 Å². The molecule has 0 aliphatic carbocycles. The van der Waals surface area contributed by atoms with E-state index in [2.05, 4.69) is 15.9 Å². The molecule has 0 radical (unpaired) electrons. The maximum atomic E-state index is 8.48. The lowest BCUT2D eigenvalue weighted by Gasteiger charge is -2.09. The van der Waals surface area contributed by atoms with Gasteiger partial charge in [0.25, 0.3) is 0 Å². The predicted molar refractivity (Wildman–Crippen MR) is 80.9 cm³/mol. The van der Waals surface area contributed by atoms with Gasteiger partial charge in [0.15, 0.2) is 0 Å². The van der Waals surface area contributed by atoms with Crippen LogP contribution < -0.4 is 0 Å². The molecular formula is C13H27BrO7. The van der Waals surface area contributed by atoms with Crippen molar-refractivity contribution in [2.75, 3.05) is 79.8 Å². The van der Waals surface area contributed by atoms with E-state index in [0.717, 1.165) is 0 Å². The standard InChI is InChI=1S/C13H27BrO7/c1-16-13(14)12-21-11-10-20-9-8-19-7-6-18-5-4-17-3-2-15/h13,15H,2-12H2,1H3. The number of methoxy groups -OCH3 is 1. The Hall–Kier alpha value is 0.200. The summed E-state index contributed by atoms with van der Waals surface area (Å²) in [6, 6.07) is 0. The minimum atomic E-state index is -0.0742. The Morgan fingerprint density at radius 3 is 1.48 bits per heavy atom. The molecule has 1 atom stereocenters. The van der Waals surface area contributed by atoms with Crippen LogP contribution in [0.4, 0.5) is 0 Å². The molecular weight excluding hydrogens is 348 g/mol. The third-order valence-electron chi connectivity index (χ3n) is 2.23. The largest absolute Gasteiger partial charge is 0.394 e. The van der Waals surface area contributed by atoms with Gasteiger partial charge in [-0.2, -0.15) is 0 Å². The van der Waals surface area contributed by atoms with E-state index < -0.39 is 0 Å². The quantitative estimate of drug-likeness (QED) is 0.292.